The van der Waals surface area contributed by atoms with Crippen molar-refractivity contribution in [3.8, 4) is 0 Å². The number of aromatic nitrogens is 3. The van der Waals surface area contributed by atoms with Crippen LogP contribution in [-0.2, 0) is 16.4 Å². The Bertz CT molecular complexity index is 1160. The zero-order valence-corrected chi connectivity index (χ0v) is 18.5. The minimum absolute atomic E-state index is 0.288. The number of hydrogen-bond donors (Lipinski definition) is 0. The van der Waals surface area contributed by atoms with Crippen molar-refractivity contribution in [2.45, 2.75) is 30.6 Å². The zero-order chi connectivity index (χ0) is 22.1. The van der Waals surface area contributed by atoms with Crippen LogP contribution in [0.1, 0.15) is 35.3 Å². The Morgan fingerprint density at radius 1 is 1.03 bits per heavy atom. The Hall–Kier alpha value is -2.78. The van der Waals surface area contributed by atoms with E-state index in [2.05, 4.69) is 15.1 Å². The molecule has 7 nitrogen and oxygen atoms in total. The van der Waals surface area contributed by atoms with Crippen LogP contribution in [0, 0.1) is 5.82 Å². The molecular weight excluding hydrogens is 429 g/mol. The summed E-state index contributed by atoms with van der Waals surface area (Å²) in [5.41, 5.74) is 2.21. The summed E-state index contributed by atoms with van der Waals surface area (Å²) in [5, 5.41) is 7.14. The molecule has 2 fully saturated rings. The second kappa shape index (κ2) is 8.63. The number of sulfonamides is 1. The van der Waals surface area contributed by atoms with Gasteiger partial charge < -0.3 is 9.47 Å². The van der Waals surface area contributed by atoms with Gasteiger partial charge in [0, 0.05) is 31.9 Å². The Kier molecular flexibility index (Phi) is 5.69. The highest BCUT2D eigenvalue weighted by molar-refractivity contribution is 7.89. The van der Waals surface area contributed by atoms with E-state index in [1.165, 1.54) is 4.31 Å². The molecule has 0 spiro atoms. The number of rotatable bonds is 6. The van der Waals surface area contributed by atoms with Gasteiger partial charge >= 0.3 is 0 Å². The molecule has 2 aliphatic heterocycles. The van der Waals surface area contributed by atoms with Gasteiger partial charge in [0.1, 0.15) is 23.7 Å². The number of benzene rings is 2. The summed E-state index contributed by atoms with van der Waals surface area (Å²) in [6.07, 6.45) is 5.18. The minimum atomic E-state index is -3.45. The third-order valence-corrected chi connectivity index (χ3v) is 8.83. The molecule has 3 aromatic rings. The topological polar surface area (TPSA) is 71.3 Å². The van der Waals surface area contributed by atoms with Crippen LogP contribution in [0.4, 0.5) is 10.1 Å². The molecule has 5 rings (SSSR count). The summed E-state index contributed by atoms with van der Waals surface area (Å²) in [7, 11) is -3.45. The first-order valence-electron chi connectivity index (χ1n) is 10.9. The van der Waals surface area contributed by atoms with Crippen LogP contribution < -0.4 is 4.90 Å². The highest BCUT2D eigenvalue weighted by Crippen LogP contribution is 2.34. The van der Waals surface area contributed by atoms with Crippen LogP contribution in [0.2, 0.25) is 0 Å². The van der Waals surface area contributed by atoms with Crippen LogP contribution in [0.3, 0.4) is 0 Å². The van der Waals surface area contributed by atoms with E-state index in [9.17, 15) is 12.8 Å². The average Bonchev–Trinajstić information content (AvgIpc) is 3.27. The molecule has 168 valence electrons. The Balaban J connectivity index is 1.22. The van der Waals surface area contributed by atoms with Crippen LogP contribution >= 0.6 is 0 Å². The first-order chi connectivity index (χ1) is 15.5. The summed E-state index contributed by atoms with van der Waals surface area (Å²) < 4.78 is 44.6. The normalized spacial score (nSPS) is 21.4. The zero-order valence-electron chi connectivity index (χ0n) is 17.7. The van der Waals surface area contributed by atoms with Gasteiger partial charge in [0.2, 0.25) is 10.0 Å². The van der Waals surface area contributed by atoms with Crippen molar-refractivity contribution in [1.29, 1.82) is 0 Å². The maximum atomic E-state index is 14.8. The van der Waals surface area contributed by atoms with Gasteiger partial charge in [-0.1, -0.05) is 36.4 Å². The molecule has 3 heterocycles. The van der Waals surface area contributed by atoms with Crippen LogP contribution in [0.5, 0.6) is 0 Å². The van der Waals surface area contributed by atoms with E-state index in [0.29, 0.717) is 37.5 Å². The average molecular weight is 456 g/mol. The van der Waals surface area contributed by atoms with Gasteiger partial charge in [0.05, 0.1) is 6.04 Å². The van der Waals surface area contributed by atoms with E-state index in [0.717, 1.165) is 30.8 Å². The minimum Gasteiger partial charge on any atom is -0.367 e. The molecule has 1 aromatic heterocycles. The van der Waals surface area contributed by atoms with Gasteiger partial charge in [-0.15, -0.1) is 10.2 Å². The lowest BCUT2D eigenvalue weighted by Gasteiger charge is -2.41. The van der Waals surface area contributed by atoms with Gasteiger partial charge in [0.25, 0.3) is 0 Å². The van der Waals surface area contributed by atoms with Crippen molar-refractivity contribution < 1.29 is 12.8 Å². The van der Waals surface area contributed by atoms with E-state index >= 15 is 0 Å². The molecule has 0 radical (unpaired) electrons. The standard InChI is InChI=1S/C23H26FN5O2S/c24-22-13-20(27-14-21(15-27)28-16-25-26-17-28)9-8-18(22)10-12-29-11-4-7-23(32(29,30)31)19-5-2-1-3-6-19/h1-3,5-6,8-9,13,16-17,21,23H,4,7,10-12,14-15H2. The maximum Gasteiger partial charge on any atom is 0.221 e. The van der Waals surface area contributed by atoms with E-state index < -0.39 is 15.3 Å². The van der Waals surface area contributed by atoms with E-state index in [1.807, 2.05) is 41.0 Å². The quantitative estimate of drug-likeness (QED) is 0.571. The molecule has 9 heteroatoms. The third kappa shape index (κ3) is 4.02. The molecule has 2 aliphatic rings. The molecule has 1 atom stereocenters. The van der Waals surface area contributed by atoms with Crippen molar-refractivity contribution in [3.63, 3.8) is 0 Å². The summed E-state index contributed by atoms with van der Waals surface area (Å²) in [5.74, 6) is -0.288. The molecule has 1 unspecified atom stereocenters. The lowest BCUT2D eigenvalue weighted by molar-refractivity contribution is 0.365. The lowest BCUT2D eigenvalue weighted by Crippen LogP contribution is -2.47. The van der Waals surface area contributed by atoms with Crippen molar-refractivity contribution in [3.05, 3.63) is 78.1 Å². The van der Waals surface area contributed by atoms with Crippen LogP contribution in [-0.4, -0.2) is 53.7 Å². The van der Waals surface area contributed by atoms with Crippen molar-refractivity contribution in [1.82, 2.24) is 19.1 Å². The fourth-order valence-corrected chi connectivity index (χ4v) is 6.64. The second-order valence-corrected chi connectivity index (χ2v) is 10.6. The predicted octanol–water partition coefficient (Wildman–Crippen LogP) is 3.19. The molecule has 2 saturated heterocycles. The smallest absolute Gasteiger partial charge is 0.221 e. The summed E-state index contributed by atoms with van der Waals surface area (Å²) in [4.78, 5) is 2.11. The monoisotopic (exact) mass is 455 g/mol. The lowest BCUT2D eigenvalue weighted by atomic mass is 10.1. The summed E-state index contributed by atoms with van der Waals surface area (Å²) >= 11 is 0. The van der Waals surface area contributed by atoms with Crippen LogP contribution in [0.25, 0.3) is 0 Å². The van der Waals surface area contributed by atoms with Crippen molar-refractivity contribution >= 4 is 15.7 Å². The predicted molar refractivity (Wildman–Crippen MR) is 120 cm³/mol. The molecule has 32 heavy (non-hydrogen) atoms. The number of anilines is 1. The number of nitrogens with zero attached hydrogens (tertiary/aromatic N) is 5. The molecule has 0 bridgehead atoms. The largest absolute Gasteiger partial charge is 0.367 e. The third-order valence-electron chi connectivity index (χ3n) is 6.52. The summed E-state index contributed by atoms with van der Waals surface area (Å²) in [6, 6.07) is 14.9. The van der Waals surface area contributed by atoms with E-state index in [1.54, 1.807) is 24.8 Å². The molecule has 0 amide bonds. The first kappa shape index (κ1) is 21.1. The van der Waals surface area contributed by atoms with Crippen molar-refractivity contribution in [2.24, 2.45) is 0 Å². The van der Waals surface area contributed by atoms with E-state index in [4.69, 9.17) is 0 Å². The first-order valence-corrected chi connectivity index (χ1v) is 12.4. The van der Waals surface area contributed by atoms with Crippen molar-refractivity contribution in [2.75, 3.05) is 31.1 Å². The SMILES string of the molecule is O=S1(=O)C(c2ccccc2)CCCN1CCc1ccc(N2CC(n3cnnc3)C2)cc1F. The molecule has 2 aromatic carbocycles. The highest BCUT2D eigenvalue weighted by atomic mass is 32.2. The van der Waals surface area contributed by atoms with Gasteiger partial charge in [0.15, 0.2) is 0 Å². The van der Waals surface area contributed by atoms with Gasteiger partial charge in [-0.05, 0) is 42.5 Å². The van der Waals surface area contributed by atoms with Crippen LogP contribution in [0.15, 0.2) is 61.2 Å². The molecule has 0 saturated carbocycles. The number of hydrogen-bond acceptors (Lipinski definition) is 5. The maximum absolute atomic E-state index is 14.8. The van der Waals surface area contributed by atoms with Gasteiger partial charge in [-0.3, -0.25) is 0 Å². The fraction of sp³-hybridized carbons (Fsp3) is 0.391. The molecule has 0 N–H and O–H groups in total. The van der Waals surface area contributed by atoms with Gasteiger partial charge in [-0.2, -0.15) is 0 Å². The second-order valence-electron chi connectivity index (χ2n) is 8.48. The highest BCUT2D eigenvalue weighted by Gasteiger charge is 2.36. The molecule has 0 aliphatic carbocycles. The Morgan fingerprint density at radius 2 is 1.78 bits per heavy atom. The Labute approximate surface area is 187 Å². The van der Waals surface area contributed by atoms with Gasteiger partial charge in [-0.25, -0.2) is 17.1 Å². The summed E-state index contributed by atoms with van der Waals surface area (Å²) in [6.45, 7) is 2.35. The molecular formula is C23H26FN5O2S. The van der Waals surface area contributed by atoms with E-state index in [-0.39, 0.29) is 5.82 Å². The fourth-order valence-electron chi connectivity index (χ4n) is 4.59. The Morgan fingerprint density at radius 3 is 2.50 bits per heavy atom. The number of halogens is 1.